The van der Waals surface area contributed by atoms with Crippen LogP contribution in [-0.4, -0.2) is 44.2 Å². The lowest BCUT2D eigenvalue weighted by molar-refractivity contribution is -0.127. The van der Waals surface area contributed by atoms with Gasteiger partial charge in [0.15, 0.2) is 5.65 Å². The van der Waals surface area contributed by atoms with Crippen molar-refractivity contribution in [2.45, 2.75) is 37.6 Å². The fourth-order valence-corrected chi connectivity index (χ4v) is 4.72. The van der Waals surface area contributed by atoms with E-state index in [0.717, 1.165) is 47.8 Å². The summed E-state index contributed by atoms with van der Waals surface area (Å²) in [6, 6.07) is 14.4. The molecule has 3 aromatic rings. The predicted molar refractivity (Wildman–Crippen MR) is 113 cm³/mol. The summed E-state index contributed by atoms with van der Waals surface area (Å²) in [5.74, 6) is 2.28. The Morgan fingerprint density at radius 1 is 1.21 bits per heavy atom. The van der Waals surface area contributed by atoms with Crippen LogP contribution >= 0.6 is 11.8 Å². The van der Waals surface area contributed by atoms with E-state index in [9.17, 15) is 4.79 Å². The molecule has 0 saturated carbocycles. The lowest BCUT2D eigenvalue weighted by atomic mass is 10.0. The molecule has 1 amide bonds. The van der Waals surface area contributed by atoms with E-state index < -0.39 is 0 Å². The molecule has 1 saturated heterocycles. The van der Waals surface area contributed by atoms with Crippen molar-refractivity contribution in [1.82, 2.24) is 19.4 Å². The SMILES string of the molecule is CC(C)n1c(CC2CCN(C(=O)CSc3ccccc3)C2)nc2cccnc21. The number of amides is 1. The molecule has 0 aliphatic carbocycles. The van der Waals surface area contributed by atoms with E-state index in [0.29, 0.717) is 17.7 Å². The molecule has 0 spiro atoms. The molecule has 3 heterocycles. The normalized spacial score (nSPS) is 17.0. The number of hydrogen-bond donors (Lipinski definition) is 0. The molecule has 4 rings (SSSR count). The largest absolute Gasteiger partial charge is 0.342 e. The number of benzene rings is 1. The van der Waals surface area contributed by atoms with Gasteiger partial charge < -0.3 is 9.47 Å². The zero-order valence-corrected chi connectivity index (χ0v) is 17.2. The highest BCUT2D eigenvalue weighted by Crippen LogP contribution is 2.26. The van der Waals surface area contributed by atoms with E-state index in [4.69, 9.17) is 4.98 Å². The van der Waals surface area contributed by atoms with Crippen LogP contribution in [0.5, 0.6) is 0 Å². The van der Waals surface area contributed by atoms with Gasteiger partial charge in [-0.2, -0.15) is 0 Å². The van der Waals surface area contributed by atoms with E-state index in [1.54, 1.807) is 11.8 Å². The summed E-state index contributed by atoms with van der Waals surface area (Å²) >= 11 is 1.61. The molecule has 28 heavy (non-hydrogen) atoms. The van der Waals surface area contributed by atoms with Crippen LogP contribution in [-0.2, 0) is 11.2 Å². The smallest absolute Gasteiger partial charge is 0.232 e. The van der Waals surface area contributed by atoms with E-state index >= 15 is 0 Å². The van der Waals surface area contributed by atoms with E-state index in [1.165, 1.54) is 0 Å². The van der Waals surface area contributed by atoms with Crippen molar-refractivity contribution in [3.63, 3.8) is 0 Å². The number of likely N-dealkylation sites (tertiary alicyclic amines) is 1. The molecular weight excluding hydrogens is 368 g/mol. The number of rotatable bonds is 6. The van der Waals surface area contributed by atoms with E-state index in [2.05, 4.69) is 35.5 Å². The molecule has 2 aromatic heterocycles. The van der Waals surface area contributed by atoms with E-state index in [-0.39, 0.29) is 5.91 Å². The number of imidazole rings is 1. The van der Waals surface area contributed by atoms with Gasteiger partial charge in [0.2, 0.25) is 5.91 Å². The summed E-state index contributed by atoms with van der Waals surface area (Å²) < 4.78 is 2.24. The van der Waals surface area contributed by atoms with Crippen LogP contribution in [0.25, 0.3) is 11.2 Å². The van der Waals surface area contributed by atoms with Crippen molar-refractivity contribution in [2.75, 3.05) is 18.8 Å². The summed E-state index contributed by atoms with van der Waals surface area (Å²) in [7, 11) is 0. The second-order valence-electron chi connectivity index (χ2n) is 7.64. The van der Waals surface area contributed by atoms with Gasteiger partial charge >= 0.3 is 0 Å². The van der Waals surface area contributed by atoms with Gasteiger partial charge in [-0.05, 0) is 50.5 Å². The number of aromatic nitrogens is 3. The number of carbonyl (C=O) groups excluding carboxylic acids is 1. The van der Waals surface area contributed by atoms with Gasteiger partial charge in [0, 0.05) is 36.6 Å². The zero-order valence-electron chi connectivity index (χ0n) is 16.4. The predicted octanol–water partition coefficient (Wildman–Crippen LogP) is 4.20. The van der Waals surface area contributed by atoms with Gasteiger partial charge in [-0.15, -0.1) is 11.8 Å². The topological polar surface area (TPSA) is 51.0 Å². The van der Waals surface area contributed by atoms with Gasteiger partial charge in [-0.3, -0.25) is 4.79 Å². The van der Waals surface area contributed by atoms with Crippen LogP contribution in [0, 0.1) is 5.92 Å². The number of fused-ring (bicyclic) bond motifs is 1. The van der Waals surface area contributed by atoms with Gasteiger partial charge in [-0.25, -0.2) is 9.97 Å². The molecule has 1 unspecified atom stereocenters. The number of hydrogen-bond acceptors (Lipinski definition) is 4. The van der Waals surface area contributed by atoms with E-state index in [1.807, 2.05) is 41.4 Å². The third-order valence-electron chi connectivity index (χ3n) is 5.25. The first-order chi connectivity index (χ1) is 13.6. The number of pyridine rings is 1. The maximum atomic E-state index is 12.6. The third kappa shape index (κ3) is 4.07. The fourth-order valence-electron chi connectivity index (χ4n) is 3.90. The van der Waals surface area contributed by atoms with Crippen LogP contribution in [0.1, 0.15) is 32.1 Å². The molecule has 1 fully saturated rings. The van der Waals surface area contributed by atoms with Crippen molar-refractivity contribution in [2.24, 2.45) is 5.92 Å². The molecule has 146 valence electrons. The first-order valence-corrected chi connectivity index (χ1v) is 10.9. The number of thioether (sulfide) groups is 1. The van der Waals surface area contributed by atoms with Crippen molar-refractivity contribution in [1.29, 1.82) is 0 Å². The Morgan fingerprint density at radius 2 is 2.04 bits per heavy atom. The minimum atomic E-state index is 0.232. The summed E-state index contributed by atoms with van der Waals surface area (Å²) in [4.78, 5) is 25.1. The monoisotopic (exact) mass is 394 g/mol. The molecular formula is C22H26N4OS. The highest BCUT2D eigenvalue weighted by molar-refractivity contribution is 8.00. The summed E-state index contributed by atoms with van der Waals surface area (Å²) in [5, 5.41) is 0. The average molecular weight is 395 g/mol. The maximum Gasteiger partial charge on any atom is 0.232 e. The summed E-state index contributed by atoms with van der Waals surface area (Å²) in [6.45, 7) is 6.01. The Balaban J connectivity index is 1.39. The Labute approximate surface area is 170 Å². The molecule has 0 bridgehead atoms. The number of carbonyl (C=O) groups is 1. The second-order valence-corrected chi connectivity index (χ2v) is 8.69. The molecule has 1 aliphatic rings. The first-order valence-electron chi connectivity index (χ1n) is 9.89. The van der Waals surface area contributed by atoms with Crippen molar-refractivity contribution < 1.29 is 4.79 Å². The average Bonchev–Trinajstić information content (AvgIpc) is 3.31. The lowest BCUT2D eigenvalue weighted by Gasteiger charge is -2.17. The Morgan fingerprint density at radius 3 is 2.82 bits per heavy atom. The molecule has 0 N–H and O–H groups in total. The molecule has 5 nitrogen and oxygen atoms in total. The molecule has 1 aliphatic heterocycles. The van der Waals surface area contributed by atoms with Crippen LogP contribution in [0.15, 0.2) is 53.6 Å². The fraction of sp³-hybridized carbons (Fsp3) is 0.409. The van der Waals surface area contributed by atoms with Crippen LogP contribution < -0.4 is 0 Å². The van der Waals surface area contributed by atoms with Crippen LogP contribution in [0.4, 0.5) is 0 Å². The number of nitrogens with zero attached hydrogens (tertiary/aromatic N) is 4. The molecule has 6 heteroatoms. The Hall–Kier alpha value is -2.34. The molecule has 1 aromatic carbocycles. The minimum absolute atomic E-state index is 0.232. The third-order valence-corrected chi connectivity index (χ3v) is 6.25. The van der Waals surface area contributed by atoms with Crippen LogP contribution in [0.2, 0.25) is 0 Å². The second kappa shape index (κ2) is 8.35. The summed E-state index contributed by atoms with van der Waals surface area (Å²) in [6.07, 6.45) is 3.76. The summed E-state index contributed by atoms with van der Waals surface area (Å²) in [5.41, 5.74) is 1.91. The van der Waals surface area contributed by atoms with Gasteiger partial charge in [0.1, 0.15) is 11.3 Å². The maximum absolute atomic E-state index is 12.6. The molecule has 0 radical (unpaired) electrons. The lowest BCUT2D eigenvalue weighted by Crippen LogP contribution is -2.30. The highest BCUT2D eigenvalue weighted by Gasteiger charge is 2.28. The Kier molecular flexibility index (Phi) is 5.67. The minimum Gasteiger partial charge on any atom is -0.342 e. The molecule has 1 atom stereocenters. The van der Waals surface area contributed by atoms with Gasteiger partial charge in [0.25, 0.3) is 0 Å². The van der Waals surface area contributed by atoms with Crippen LogP contribution in [0.3, 0.4) is 0 Å². The first kappa shape index (κ1) is 19.0. The van der Waals surface area contributed by atoms with Gasteiger partial charge in [0.05, 0.1) is 5.75 Å². The van der Waals surface area contributed by atoms with Crippen molar-refractivity contribution in [3.8, 4) is 0 Å². The zero-order chi connectivity index (χ0) is 19.5. The standard InChI is InChI=1S/C22H26N4OS/c1-16(2)26-20(24-19-9-6-11-23-22(19)26)13-17-10-12-25(14-17)21(27)15-28-18-7-4-3-5-8-18/h3-9,11,16-17H,10,12-15H2,1-2H3. The van der Waals surface area contributed by atoms with Crippen molar-refractivity contribution >= 4 is 28.8 Å². The van der Waals surface area contributed by atoms with Gasteiger partial charge in [-0.1, -0.05) is 18.2 Å². The quantitative estimate of drug-likeness (QED) is 0.588. The highest BCUT2D eigenvalue weighted by atomic mass is 32.2. The Bertz CT molecular complexity index is 954. The van der Waals surface area contributed by atoms with Crippen molar-refractivity contribution in [3.05, 3.63) is 54.5 Å².